The third-order valence-electron chi connectivity index (χ3n) is 4.10. The molecule has 1 amide bonds. The molecule has 1 aromatic carbocycles. The van der Waals surface area contributed by atoms with Crippen LogP contribution >= 0.6 is 22.9 Å². The lowest BCUT2D eigenvalue weighted by atomic mass is 9.85. The minimum absolute atomic E-state index is 0.194. The van der Waals surface area contributed by atoms with E-state index in [9.17, 15) is 9.90 Å². The van der Waals surface area contributed by atoms with Gasteiger partial charge in [0.1, 0.15) is 4.88 Å². The molecule has 1 heterocycles. The molecular formula is C16H18ClNO2S. The Morgan fingerprint density at radius 3 is 2.71 bits per heavy atom. The fourth-order valence-corrected chi connectivity index (χ4v) is 4.31. The second-order valence-electron chi connectivity index (χ2n) is 5.71. The van der Waals surface area contributed by atoms with E-state index in [1.807, 2.05) is 24.3 Å². The van der Waals surface area contributed by atoms with Crippen LogP contribution in [0.15, 0.2) is 24.3 Å². The van der Waals surface area contributed by atoms with Gasteiger partial charge in [0.25, 0.3) is 5.91 Å². The number of thiophene rings is 1. The lowest BCUT2D eigenvalue weighted by Gasteiger charge is -2.32. The minimum atomic E-state index is -0.753. The van der Waals surface area contributed by atoms with Crippen molar-refractivity contribution < 1.29 is 9.90 Å². The van der Waals surface area contributed by atoms with Gasteiger partial charge in [-0.1, -0.05) is 49.1 Å². The van der Waals surface area contributed by atoms with Crippen molar-refractivity contribution in [3.8, 4) is 0 Å². The van der Waals surface area contributed by atoms with E-state index < -0.39 is 5.60 Å². The first kappa shape index (κ1) is 14.8. The maximum atomic E-state index is 12.3. The number of benzene rings is 1. The predicted molar refractivity (Wildman–Crippen MR) is 87.2 cm³/mol. The van der Waals surface area contributed by atoms with E-state index in [-0.39, 0.29) is 5.91 Å². The summed E-state index contributed by atoms with van der Waals surface area (Å²) in [6.45, 7) is 0.302. The number of fused-ring (bicyclic) bond motifs is 1. The van der Waals surface area contributed by atoms with Crippen molar-refractivity contribution in [2.45, 2.75) is 37.7 Å². The molecule has 0 unspecified atom stereocenters. The average molecular weight is 324 g/mol. The van der Waals surface area contributed by atoms with Crippen LogP contribution in [0.1, 0.15) is 41.8 Å². The Morgan fingerprint density at radius 2 is 2.00 bits per heavy atom. The highest BCUT2D eigenvalue weighted by Gasteiger charge is 2.30. The van der Waals surface area contributed by atoms with Crippen LogP contribution in [-0.2, 0) is 0 Å². The highest BCUT2D eigenvalue weighted by molar-refractivity contribution is 7.21. The van der Waals surface area contributed by atoms with Crippen LogP contribution in [0.4, 0.5) is 0 Å². The molecular weight excluding hydrogens is 306 g/mol. The summed E-state index contributed by atoms with van der Waals surface area (Å²) in [7, 11) is 0. The molecule has 1 aromatic heterocycles. The van der Waals surface area contributed by atoms with Crippen molar-refractivity contribution in [1.29, 1.82) is 0 Å². The first-order valence-corrected chi connectivity index (χ1v) is 8.46. The number of nitrogens with one attached hydrogen (secondary N) is 1. The van der Waals surface area contributed by atoms with Crippen LogP contribution in [0.5, 0.6) is 0 Å². The summed E-state index contributed by atoms with van der Waals surface area (Å²) in [6, 6.07) is 7.71. The topological polar surface area (TPSA) is 49.3 Å². The fourth-order valence-electron chi connectivity index (χ4n) is 2.87. The quantitative estimate of drug-likeness (QED) is 0.897. The number of amides is 1. The zero-order valence-electron chi connectivity index (χ0n) is 11.7. The third kappa shape index (κ3) is 3.07. The Kier molecular flexibility index (Phi) is 4.20. The maximum absolute atomic E-state index is 12.3. The van der Waals surface area contributed by atoms with Crippen LogP contribution in [0.3, 0.4) is 0 Å². The van der Waals surface area contributed by atoms with E-state index in [1.165, 1.54) is 17.8 Å². The standard InChI is InChI=1S/C16H18ClNO2S/c17-13-11-6-2-3-7-12(11)21-14(13)15(19)18-10-16(20)8-4-1-5-9-16/h2-3,6-7,20H,1,4-5,8-10H2,(H,18,19). The molecule has 3 rings (SSSR count). The Labute approximate surface area is 132 Å². The first-order valence-electron chi connectivity index (χ1n) is 7.27. The lowest BCUT2D eigenvalue weighted by Crippen LogP contribution is -2.44. The summed E-state index contributed by atoms with van der Waals surface area (Å²) in [4.78, 5) is 12.8. The molecule has 5 heteroatoms. The average Bonchev–Trinajstić information content (AvgIpc) is 2.84. The van der Waals surface area contributed by atoms with Gasteiger partial charge in [-0.15, -0.1) is 11.3 Å². The lowest BCUT2D eigenvalue weighted by molar-refractivity contribution is 0.00530. The van der Waals surface area contributed by atoms with Crippen molar-refractivity contribution in [2.75, 3.05) is 6.54 Å². The molecule has 0 radical (unpaired) electrons. The maximum Gasteiger partial charge on any atom is 0.263 e. The predicted octanol–water partition coefficient (Wildman–Crippen LogP) is 3.98. The summed E-state index contributed by atoms with van der Waals surface area (Å²) < 4.78 is 1.00. The Balaban J connectivity index is 1.73. The number of carbonyl (C=O) groups excluding carboxylic acids is 1. The number of carbonyl (C=O) groups is 1. The normalized spacial score (nSPS) is 17.8. The molecule has 1 fully saturated rings. The van der Waals surface area contributed by atoms with Crippen molar-refractivity contribution in [1.82, 2.24) is 5.32 Å². The number of halogens is 1. The number of rotatable bonds is 3. The molecule has 3 nitrogen and oxygen atoms in total. The zero-order chi connectivity index (χ0) is 14.9. The molecule has 0 spiro atoms. The van der Waals surface area contributed by atoms with Gasteiger partial charge in [0.05, 0.1) is 10.6 Å². The molecule has 2 N–H and O–H groups in total. The SMILES string of the molecule is O=C(NCC1(O)CCCCC1)c1sc2ccccc2c1Cl. The highest BCUT2D eigenvalue weighted by atomic mass is 35.5. The minimum Gasteiger partial charge on any atom is -0.388 e. The van der Waals surface area contributed by atoms with Gasteiger partial charge in [-0.3, -0.25) is 4.79 Å². The van der Waals surface area contributed by atoms with Crippen LogP contribution in [0.25, 0.3) is 10.1 Å². The molecule has 112 valence electrons. The second kappa shape index (κ2) is 5.95. The second-order valence-corrected chi connectivity index (χ2v) is 7.14. The van der Waals surface area contributed by atoms with Gasteiger partial charge in [0.2, 0.25) is 0 Å². The van der Waals surface area contributed by atoms with Crippen LogP contribution in [-0.4, -0.2) is 23.2 Å². The molecule has 0 atom stereocenters. The van der Waals surface area contributed by atoms with Crippen molar-refractivity contribution >= 4 is 38.9 Å². The van der Waals surface area contributed by atoms with Gasteiger partial charge in [-0.25, -0.2) is 0 Å². The molecule has 21 heavy (non-hydrogen) atoms. The summed E-state index contributed by atoms with van der Waals surface area (Å²) >= 11 is 7.69. The molecule has 2 aromatic rings. The molecule has 1 aliphatic rings. The number of hydrogen-bond donors (Lipinski definition) is 2. The van der Waals surface area contributed by atoms with Gasteiger partial charge in [0.15, 0.2) is 0 Å². The molecule has 0 bridgehead atoms. The van der Waals surface area contributed by atoms with E-state index in [4.69, 9.17) is 11.6 Å². The van der Waals surface area contributed by atoms with Crippen molar-refractivity contribution in [3.05, 3.63) is 34.2 Å². The fraction of sp³-hybridized carbons (Fsp3) is 0.438. The van der Waals surface area contributed by atoms with Crippen molar-refractivity contribution in [3.63, 3.8) is 0 Å². The Bertz CT molecular complexity index is 661. The Hall–Kier alpha value is -1.10. The monoisotopic (exact) mass is 323 g/mol. The first-order chi connectivity index (χ1) is 10.1. The van der Waals surface area contributed by atoms with Crippen LogP contribution < -0.4 is 5.32 Å². The van der Waals surface area contributed by atoms with Gasteiger partial charge < -0.3 is 10.4 Å². The van der Waals surface area contributed by atoms with Crippen LogP contribution in [0.2, 0.25) is 5.02 Å². The zero-order valence-corrected chi connectivity index (χ0v) is 13.3. The smallest absolute Gasteiger partial charge is 0.263 e. The van der Waals surface area contributed by atoms with E-state index in [2.05, 4.69) is 5.32 Å². The van der Waals surface area contributed by atoms with Crippen molar-refractivity contribution in [2.24, 2.45) is 0 Å². The largest absolute Gasteiger partial charge is 0.388 e. The summed E-state index contributed by atoms with van der Waals surface area (Å²) in [5.41, 5.74) is -0.753. The molecule has 1 aliphatic carbocycles. The Morgan fingerprint density at radius 1 is 1.29 bits per heavy atom. The number of hydrogen-bond acceptors (Lipinski definition) is 3. The van der Waals surface area contributed by atoms with E-state index in [0.29, 0.717) is 16.4 Å². The summed E-state index contributed by atoms with van der Waals surface area (Å²) in [6.07, 6.45) is 4.73. The molecule has 1 saturated carbocycles. The highest BCUT2D eigenvalue weighted by Crippen LogP contribution is 2.35. The summed E-state index contributed by atoms with van der Waals surface area (Å²) in [5.74, 6) is -0.194. The van der Waals surface area contributed by atoms with E-state index in [0.717, 1.165) is 35.8 Å². The van der Waals surface area contributed by atoms with Gasteiger partial charge >= 0.3 is 0 Å². The van der Waals surface area contributed by atoms with E-state index >= 15 is 0 Å². The molecule has 0 saturated heterocycles. The van der Waals surface area contributed by atoms with Gasteiger partial charge in [0, 0.05) is 16.6 Å². The molecule has 0 aliphatic heterocycles. The van der Waals surface area contributed by atoms with E-state index in [1.54, 1.807) is 0 Å². The summed E-state index contributed by atoms with van der Waals surface area (Å²) in [5, 5.41) is 14.7. The van der Waals surface area contributed by atoms with Gasteiger partial charge in [-0.2, -0.15) is 0 Å². The van der Waals surface area contributed by atoms with Gasteiger partial charge in [-0.05, 0) is 18.9 Å². The number of aliphatic hydroxyl groups is 1. The third-order valence-corrected chi connectivity index (χ3v) is 5.78. The van der Waals surface area contributed by atoms with Crippen LogP contribution in [0, 0.1) is 0 Å².